The first-order valence-electron chi connectivity index (χ1n) is 10.5. The molecule has 0 radical (unpaired) electrons. The lowest BCUT2D eigenvalue weighted by atomic mass is 10.1. The standard InChI is InChI=1S/C21H34N4O3/c1-22-21(24-9-4-11-26-15-18-8-12-27-16-18)25-14-17-7-10-23-20(13-17)28-19-5-2-3-6-19/h7,10,13,18-19H,2-6,8-9,11-12,14-16H2,1H3,(H2,22,24,25). The number of hydrogen-bond donors (Lipinski definition) is 2. The molecule has 1 atom stereocenters. The highest BCUT2D eigenvalue weighted by Crippen LogP contribution is 2.23. The van der Waals surface area contributed by atoms with Gasteiger partial charge in [0.05, 0.1) is 13.2 Å². The first-order valence-corrected chi connectivity index (χ1v) is 10.5. The van der Waals surface area contributed by atoms with Gasteiger partial charge in [-0.15, -0.1) is 0 Å². The highest BCUT2D eigenvalue weighted by Gasteiger charge is 2.17. The van der Waals surface area contributed by atoms with E-state index in [1.807, 2.05) is 18.3 Å². The molecule has 1 aliphatic heterocycles. The van der Waals surface area contributed by atoms with Crippen LogP contribution in [0.15, 0.2) is 23.3 Å². The molecule has 7 heteroatoms. The highest BCUT2D eigenvalue weighted by atomic mass is 16.5. The van der Waals surface area contributed by atoms with E-state index in [2.05, 4.69) is 20.6 Å². The molecule has 0 bridgehead atoms. The lowest BCUT2D eigenvalue weighted by Gasteiger charge is -2.14. The molecular weight excluding hydrogens is 356 g/mol. The third kappa shape index (κ3) is 7.28. The number of guanidine groups is 1. The van der Waals surface area contributed by atoms with E-state index in [0.29, 0.717) is 18.6 Å². The molecule has 1 unspecified atom stereocenters. The number of pyridine rings is 1. The summed E-state index contributed by atoms with van der Waals surface area (Å²) < 4.78 is 17.1. The van der Waals surface area contributed by atoms with Crippen LogP contribution in [0.1, 0.15) is 44.1 Å². The minimum absolute atomic E-state index is 0.327. The molecule has 1 aromatic heterocycles. The summed E-state index contributed by atoms with van der Waals surface area (Å²) in [5, 5.41) is 6.67. The van der Waals surface area contributed by atoms with Crippen LogP contribution in [0.3, 0.4) is 0 Å². The van der Waals surface area contributed by atoms with Gasteiger partial charge in [0.25, 0.3) is 0 Å². The van der Waals surface area contributed by atoms with E-state index in [0.717, 1.165) is 76.1 Å². The molecule has 2 heterocycles. The largest absolute Gasteiger partial charge is 0.474 e. The molecule has 1 saturated carbocycles. The van der Waals surface area contributed by atoms with Crippen molar-refractivity contribution in [3.05, 3.63) is 23.9 Å². The maximum Gasteiger partial charge on any atom is 0.213 e. The van der Waals surface area contributed by atoms with E-state index in [4.69, 9.17) is 14.2 Å². The van der Waals surface area contributed by atoms with Gasteiger partial charge in [-0.1, -0.05) is 0 Å². The number of rotatable bonds is 10. The summed E-state index contributed by atoms with van der Waals surface area (Å²) in [5.74, 6) is 2.09. The van der Waals surface area contributed by atoms with Gasteiger partial charge in [-0.2, -0.15) is 0 Å². The summed E-state index contributed by atoms with van der Waals surface area (Å²) in [4.78, 5) is 8.62. The summed E-state index contributed by atoms with van der Waals surface area (Å²) in [5.41, 5.74) is 1.13. The Kier molecular flexibility index (Phi) is 8.84. The van der Waals surface area contributed by atoms with Crippen LogP contribution in [0.2, 0.25) is 0 Å². The van der Waals surface area contributed by atoms with Crippen LogP contribution in [-0.4, -0.2) is 57.1 Å². The molecule has 2 aliphatic rings. The van der Waals surface area contributed by atoms with Crippen LogP contribution >= 0.6 is 0 Å². The summed E-state index contributed by atoms with van der Waals surface area (Å²) in [7, 11) is 1.78. The second-order valence-electron chi connectivity index (χ2n) is 7.54. The number of hydrogen-bond acceptors (Lipinski definition) is 5. The minimum atomic E-state index is 0.327. The molecule has 2 fully saturated rings. The molecule has 0 amide bonds. The maximum atomic E-state index is 5.98. The quantitative estimate of drug-likeness (QED) is 0.363. The monoisotopic (exact) mass is 390 g/mol. The van der Waals surface area contributed by atoms with E-state index in [1.54, 1.807) is 7.05 Å². The Bertz CT molecular complexity index is 599. The van der Waals surface area contributed by atoms with Crippen molar-refractivity contribution in [2.75, 3.05) is 40.0 Å². The van der Waals surface area contributed by atoms with E-state index in [-0.39, 0.29) is 0 Å². The Labute approximate surface area is 168 Å². The zero-order valence-corrected chi connectivity index (χ0v) is 17.0. The minimum Gasteiger partial charge on any atom is -0.474 e. The normalized spacial score (nSPS) is 20.5. The third-order valence-electron chi connectivity index (χ3n) is 5.21. The second kappa shape index (κ2) is 11.9. The molecule has 28 heavy (non-hydrogen) atoms. The average Bonchev–Trinajstić information content (AvgIpc) is 3.41. The van der Waals surface area contributed by atoms with Crippen LogP contribution in [0.5, 0.6) is 5.88 Å². The van der Waals surface area contributed by atoms with Gasteiger partial charge < -0.3 is 24.8 Å². The Morgan fingerprint density at radius 1 is 1.29 bits per heavy atom. The molecule has 0 aromatic carbocycles. The van der Waals surface area contributed by atoms with Gasteiger partial charge in [-0.25, -0.2) is 4.98 Å². The van der Waals surface area contributed by atoms with Crippen LogP contribution in [0.25, 0.3) is 0 Å². The van der Waals surface area contributed by atoms with Crippen LogP contribution in [0, 0.1) is 5.92 Å². The zero-order chi connectivity index (χ0) is 19.4. The number of nitrogens with one attached hydrogen (secondary N) is 2. The summed E-state index contributed by atoms with van der Waals surface area (Å²) in [6.45, 7) is 4.79. The van der Waals surface area contributed by atoms with Gasteiger partial charge in [0.1, 0.15) is 6.10 Å². The zero-order valence-electron chi connectivity index (χ0n) is 17.0. The second-order valence-corrected chi connectivity index (χ2v) is 7.54. The van der Waals surface area contributed by atoms with E-state index in [9.17, 15) is 0 Å². The SMILES string of the molecule is CN=C(NCCCOCC1CCOC1)NCc1ccnc(OC2CCCC2)c1. The predicted molar refractivity (Wildman–Crippen MR) is 110 cm³/mol. The van der Waals surface area contributed by atoms with Crippen molar-refractivity contribution in [2.24, 2.45) is 10.9 Å². The van der Waals surface area contributed by atoms with Gasteiger partial charge in [0, 0.05) is 51.5 Å². The molecular formula is C21H34N4O3. The number of ether oxygens (including phenoxy) is 3. The van der Waals surface area contributed by atoms with Crippen LogP contribution in [0.4, 0.5) is 0 Å². The van der Waals surface area contributed by atoms with Crippen LogP contribution in [-0.2, 0) is 16.0 Å². The number of aliphatic imine (C=N–C) groups is 1. The van der Waals surface area contributed by atoms with E-state index < -0.39 is 0 Å². The van der Waals surface area contributed by atoms with Gasteiger partial charge in [0.2, 0.25) is 5.88 Å². The molecule has 1 saturated heterocycles. The summed E-state index contributed by atoms with van der Waals surface area (Å²) in [6, 6.07) is 4.02. The maximum absolute atomic E-state index is 5.98. The van der Waals surface area contributed by atoms with Crippen molar-refractivity contribution in [2.45, 2.75) is 51.2 Å². The fourth-order valence-electron chi connectivity index (χ4n) is 3.55. The first-order chi connectivity index (χ1) is 13.8. The van der Waals surface area contributed by atoms with E-state index in [1.165, 1.54) is 12.8 Å². The molecule has 0 spiro atoms. The first kappa shape index (κ1) is 20.9. The van der Waals surface area contributed by atoms with Crippen molar-refractivity contribution >= 4 is 5.96 Å². The topological polar surface area (TPSA) is 77.0 Å². The Hall–Kier alpha value is -1.86. The van der Waals surface area contributed by atoms with Gasteiger partial charge in [-0.3, -0.25) is 4.99 Å². The molecule has 1 aromatic rings. The Morgan fingerprint density at radius 2 is 2.18 bits per heavy atom. The number of nitrogens with zero attached hydrogens (tertiary/aromatic N) is 2. The van der Waals surface area contributed by atoms with Crippen molar-refractivity contribution in [3.8, 4) is 5.88 Å². The van der Waals surface area contributed by atoms with Crippen molar-refractivity contribution in [1.82, 2.24) is 15.6 Å². The fraction of sp³-hybridized carbons (Fsp3) is 0.714. The lowest BCUT2D eigenvalue weighted by Crippen LogP contribution is -2.37. The highest BCUT2D eigenvalue weighted by molar-refractivity contribution is 5.79. The van der Waals surface area contributed by atoms with Crippen molar-refractivity contribution < 1.29 is 14.2 Å². The van der Waals surface area contributed by atoms with E-state index >= 15 is 0 Å². The van der Waals surface area contributed by atoms with Crippen molar-refractivity contribution in [1.29, 1.82) is 0 Å². The predicted octanol–water partition coefficient (Wildman–Crippen LogP) is 2.51. The summed E-state index contributed by atoms with van der Waals surface area (Å²) in [6.07, 6.45) is 9.00. The van der Waals surface area contributed by atoms with Gasteiger partial charge >= 0.3 is 0 Å². The lowest BCUT2D eigenvalue weighted by molar-refractivity contribution is 0.0888. The summed E-state index contributed by atoms with van der Waals surface area (Å²) >= 11 is 0. The van der Waals surface area contributed by atoms with Gasteiger partial charge in [-0.05, 0) is 50.2 Å². The van der Waals surface area contributed by atoms with Crippen molar-refractivity contribution in [3.63, 3.8) is 0 Å². The molecule has 1 aliphatic carbocycles. The smallest absolute Gasteiger partial charge is 0.213 e. The third-order valence-corrected chi connectivity index (χ3v) is 5.21. The van der Waals surface area contributed by atoms with Gasteiger partial charge in [0.15, 0.2) is 5.96 Å². The fourth-order valence-corrected chi connectivity index (χ4v) is 3.55. The number of aromatic nitrogens is 1. The molecule has 3 rings (SSSR count). The molecule has 7 nitrogen and oxygen atoms in total. The Morgan fingerprint density at radius 3 is 2.96 bits per heavy atom. The average molecular weight is 391 g/mol. The molecule has 156 valence electrons. The Balaban J connectivity index is 1.30. The molecule has 2 N–H and O–H groups in total. The van der Waals surface area contributed by atoms with Crippen LogP contribution < -0.4 is 15.4 Å².